The number of aromatic nitrogens is 3. The average Bonchev–Trinajstić information content (AvgIpc) is 3.07. The van der Waals surface area contributed by atoms with Gasteiger partial charge in [0.05, 0.1) is 17.9 Å². The number of rotatable bonds is 6. The van der Waals surface area contributed by atoms with Crippen molar-refractivity contribution >= 4 is 26.5 Å². The van der Waals surface area contributed by atoms with Gasteiger partial charge in [-0.25, -0.2) is 9.50 Å². The highest BCUT2D eigenvalue weighted by atomic mass is 32.2. The van der Waals surface area contributed by atoms with Crippen molar-refractivity contribution in [1.29, 1.82) is 0 Å². The molecule has 1 atom stereocenters. The van der Waals surface area contributed by atoms with Crippen molar-refractivity contribution in [3.8, 4) is 0 Å². The summed E-state index contributed by atoms with van der Waals surface area (Å²) in [6.07, 6.45) is 1.72. The summed E-state index contributed by atoms with van der Waals surface area (Å²) in [7, 11) is -3.61. The Kier molecular flexibility index (Phi) is 4.21. The summed E-state index contributed by atoms with van der Waals surface area (Å²) in [6, 6.07) is 8.90. The summed E-state index contributed by atoms with van der Waals surface area (Å²) in [4.78, 5) is 5.07. The van der Waals surface area contributed by atoms with E-state index in [0.717, 1.165) is 10.5 Å². The van der Waals surface area contributed by atoms with E-state index in [1.165, 1.54) is 11.3 Å². The van der Waals surface area contributed by atoms with Crippen molar-refractivity contribution < 1.29 is 8.42 Å². The number of imidazole rings is 1. The molecular weight excluding hydrogens is 322 g/mol. The van der Waals surface area contributed by atoms with Crippen LogP contribution in [0.5, 0.6) is 0 Å². The number of fused-ring (bicyclic) bond motifs is 1. The molecule has 3 rings (SSSR count). The van der Waals surface area contributed by atoms with Gasteiger partial charge < -0.3 is 0 Å². The zero-order chi connectivity index (χ0) is 15.6. The summed E-state index contributed by atoms with van der Waals surface area (Å²) < 4.78 is 30.8. The van der Waals surface area contributed by atoms with Gasteiger partial charge >= 0.3 is 0 Å². The van der Waals surface area contributed by atoms with Crippen molar-refractivity contribution in [1.82, 2.24) is 24.0 Å². The van der Waals surface area contributed by atoms with Crippen LogP contribution in [-0.4, -0.2) is 23.0 Å². The molecule has 1 aromatic carbocycles. The van der Waals surface area contributed by atoms with Crippen LogP contribution in [0.2, 0.25) is 0 Å². The third-order valence-electron chi connectivity index (χ3n) is 3.09. The van der Waals surface area contributed by atoms with E-state index in [2.05, 4.69) is 19.5 Å². The number of benzene rings is 1. The lowest BCUT2D eigenvalue weighted by atomic mass is 10.2. The molecule has 9 heteroatoms. The lowest BCUT2D eigenvalue weighted by Crippen LogP contribution is -2.37. The molecule has 0 fully saturated rings. The van der Waals surface area contributed by atoms with Crippen LogP contribution in [0.1, 0.15) is 24.2 Å². The highest BCUT2D eigenvalue weighted by Gasteiger charge is 2.18. The van der Waals surface area contributed by atoms with Gasteiger partial charge in [0, 0.05) is 6.54 Å². The van der Waals surface area contributed by atoms with Gasteiger partial charge in [-0.1, -0.05) is 41.7 Å². The van der Waals surface area contributed by atoms with E-state index < -0.39 is 16.3 Å². The Labute approximate surface area is 132 Å². The minimum Gasteiger partial charge on any atom is -0.221 e. The van der Waals surface area contributed by atoms with E-state index >= 15 is 0 Å². The van der Waals surface area contributed by atoms with Gasteiger partial charge in [-0.3, -0.25) is 0 Å². The molecule has 2 heterocycles. The van der Waals surface area contributed by atoms with Crippen molar-refractivity contribution in [2.75, 3.05) is 0 Å². The van der Waals surface area contributed by atoms with Crippen molar-refractivity contribution in [2.24, 2.45) is 0 Å². The smallest absolute Gasteiger partial charge is 0.221 e. The highest BCUT2D eigenvalue weighted by Crippen LogP contribution is 2.15. The molecule has 2 aromatic heterocycles. The number of nitrogens with zero attached hydrogens (tertiary/aromatic N) is 3. The first-order valence-corrected chi connectivity index (χ1v) is 8.99. The normalized spacial score (nSPS) is 13.5. The molecule has 22 heavy (non-hydrogen) atoms. The van der Waals surface area contributed by atoms with E-state index in [-0.39, 0.29) is 6.54 Å². The predicted octanol–water partition coefficient (Wildman–Crippen LogP) is 1.48. The topological polar surface area (TPSA) is 88.4 Å². The van der Waals surface area contributed by atoms with E-state index in [4.69, 9.17) is 0 Å². The maximum absolute atomic E-state index is 12.1. The van der Waals surface area contributed by atoms with Crippen molar-refractivity contribution in [3.05, 3.63) is 53.3 Å². The van der Waals surface area contributed by atoms with Crippen LogP contribution in [0.15, 0.2) is 42.0 Å². The van der Waals surface area contributed by atoms with E-state index in [9.17, 15) is 8.42 Å². The standard InChI is InChI=1S/C13H15N5O2S2/c1-10(12-8-18-13(16-12)21-9-14-18)17-22(19,20)15-7-11-5-3-2-4-6-11/h2-6,8-10,15,17H,7H2,1H3/t10-/m1/s1. The minimum atomic E-state index is -3.61. The molecule has 0 radical (unpaired) electrons. The third kappa shape index (κ3) is 3.50. The molecule has 7 nitrogen and oxygen atoms in total. The monoisotopic (exact) mass is 337 g/mol. The van der Waals surface area contributed by atoms with Gasteiger partial charge in [0.15, 0.2) is 0 Å². The molecule has 0 aliphatic carbocycles. The van der Waals surface area contributed by atoms with Crippen molar-refractivity contribution in [2.45, 2.75) is 19.5 Å². The Morgan fingerprint density at radius 1 is 1.32 bits per heavy atom. The lowest BCUT2D eigenvalue weighted by Gasteiger charge is -2.12. The van der Waals surface area contributed by atoms with Crippen LogP contribution < -0.4 is 9.44 Å². The number of hydrogen-bond donors (Lipinski definition) is 2. The maximum Gasteiger partial charge on any atom is 0.277 e. The minimum absolute atomic E-state index is 0.239. The van der Waals surface area contributed by atoms with Gasteiger partial charge in [-0.05, 0) is 12.5 Å². The lowest BCUT2D eigenvalue weighted by molar-refractivity contribution is 0.549. The SMILES string of the molecule is C[C@@H](NS(=O)(=O)NCc1ccccc1)c1cn2ncsc2n1. The molecule has 0 unspecified atom stereocenters. The fraction of sp³-hybridized carbons (Fsp3) is 0.231. The Morgan fingerprint density at radius 3 is 2.82 bits per heavy atom. The second-order valence-corrected chi connectivity index (χ2v) is 7.12. The molecule has 0 aliphatic rings. The van der Waals surface area contributed by atoms with E-state index in [1.54, 1.807) is 23.1 Å². The molecule has 116 valence electrons. The van der Waals surface area contributed by atoms with Crippen LogP contribution >= 0.6 is 11.3 Å². The van der Waals surface area contributed by atoms with Crippen LogP contribution in [0.25, 0.3) is 4.96 Å². The number of hydrogen-bond acceptors (Lipinski definition) is 5. The zero-order valence-corrected chi connectivity index (χ0v) is 13.4. The van der Waals surface area contributed by atoms with Gasteiger partial charge in [-0.2, -0.15) is 23.0 Å². The molecule has 0 spiro atoms. The fourth-order valence-corrected chi connectivity index (χ4v) is 3.61. The molecule has 0 saturated heterocycles. The molecule has 0 bridgehead atoms. The van der Waals surface area contributed by atoms with Crippen LogP contribution in [0.4, 0.5) is 0 Å². The zero-order valence-electron chi connectivity index (χ0n) is 11.8. The van der Waals surface area contributed by atoms with Crippen molar-refractivity contribution in [3.63, 3.8) is 0 Å². The largest absolute Gasteiger partial charge is 0.277 e. The summed E-state index contributed by atoms with van der Waals surface area (Å²) >= 11 is 1.40. The first kappa shape index (κ1) is 15.1. The van der Waals surface area contributed by atoms with Gasteiger partial charge in [-0.15, -0.1) is 0 Å². The highest BCUT2D eigenvalue weighted by molar-refractivity contribution is 7.87. The Morgan fingerprint density at radius 2 is 2.09 bits per heavy atom. The average molecular weight is 337 g/mol. The first-order chi connectivity index (χ1) is 10.5. The molecule has 0 saturated carbocycles. The van der Waals surface area contributed by atoms with Gasteiger partial charge in [0.25, 0.3) is 10.2 Å². The molecular formula is C13H15N5O2S2. The summed E-state index contributed by atoms with van der Waals surface area (Å²) in [6.45, 7) is 1.98. The quantitative estimate of drug-likeness (QED) is 0.713. The third-order valence-corrected chi connectivity index (χ3v) is 4.97. The maximum atomic E-state index is 12.1. The van der Waals surface area contributed by atoms with Gasteiger partial charge in [0.1, 0.15) is 5.51 Å². The van der Waals surface area contributed by atoms with E-state index in [1.807, 2.05) is 30.3 Å². The van der Waals surface area contributed by atoms with Crippen LogP contribution in [-0.2, 0) is 16.8 Å². The summed E-state index contributed by atoms with van der Waals surface area (Å²) in [5, 5.41) is 4.07. The Hall–Kier alpha value is -1.81. The van der Waals surface area contributed by atoms with Crippen LogP contribution in [0, 0.1) is 0 Å². The summed E-state index contributed by atoms with van der Waals surface area (Å²) in [5.74, 6) is 0. The second kappa shape index (κ2) is 6.13. The molecule has 2 N–H and O–H groups in total. The molecule has 0 aliphatic heterocycles. The fourth-order valence-electron chi connectivity index (χ4n) is 1.97. The Balaban J connectivity index is 1.64. The molecule has 3 aromatic rings. The second-order valence-electron chi connectivity index (χ2n) is 4.78. The van der Waals surface area contributed by atoms with Crippen LogP contribution in [0.3, 0.4) is 0 Å². The summed E-state index contributed by atoms with van der Waals surface area (Å²) in [5.41, 5.74) is 3.21. The Bertz CT molecular complexity index is 828. The number of nitrogens with one attached hydrogen (secondary N) is 2. The first-order valence-electron chi connectivity index (χ1n) is 6.63. The predicted molar refractivity (Wildman–Crippen MR) is 84.6 cm³/mol. The van der Waals surface area contributed by atoms with E-state index in [0.29, 0.717) is 5.69 Å². The van der Waals surface area contributed by atoms with Gasteiger partial charge in [0.2, 0.25) is 4.96 Å². The molecule has 0 amide bonds.